The fourth-order valence-corrected chi connectivity index (χ4v) is 3.35. The molecule has 1 aromatic carbocycles. The van der Waals surface area contributed by atoms with Gasteiger partial charge in [-0.05, 0) is 45.3 Å². The zero-order valence-corrected chi connectivity index (χ0v) is 16.5. The lowest BCUT2D eigenvalue weighted by atomic mass is 9.76. The Bertz CT molecular complexity index is 1030. The summed E-state index contributed by atoms with van der Waals surface area (Å²) in [5.41, 5.74) is 0.925. The Labute approximate surface area is 162 Å². The van der Waals surface area contributed by atoms with Gasteiger partial charge < -0.3 is 9.31 Å². The number of halogens is 2. The van der Waals surface area contributed by atoms with Crippen LogP contribution in [0.2, 0.25) is 0 Å². The molecule has 1 aliphatic heterocycles. The predicted octanol–water partition coefficient (Wildman–Crippen LogP) is 3.87. The number of aromatic nitrogens is 3. The highest BCUT2D eigenvalue weighted by atomic mass is 19.3. The third-order valence-corrected chi connectivity index (χ3v) is 5.64. The molecule has 1 aliphatic rings. The van der Waals surface area contributed by atoms with Gasteiger partial charge in [0.25, 0.3) is 6.43 Å². The van der Waals surface area contributed by atoms with Gasteiger partial charge in [0.2, 0.25) is 0 Å². The molecule has 28 heavy (non-hydrogen) atoms. The maximum atomic E-state index is 13.9. The smallest absolute Gasteiger partial charge is 0.399 e. The summed E-state index contributed by atoms with van der Waals surface area (Å²) in [6.45, 7) is 7.84. The van der Waals surface area contributed by atoms with Crippen molar-refractivity contribution in [3.63, 3.8) is 0 Å². The van der Waals surface area contributed by atoms with Crippen molar-refractivity contribution in [1.82, 2.24) is 14.8 Å². The van der Waals surface area contributed by atoms with Crippen molar-refractivity contribution in [2.75, 3.05) is 0 Å². The Hall–Kier alpha value is -2.32. The van der Waals surface area contributed by atoms with Gasteiger partial charge in [0.1, 0.15) is 0 Å². The summed E-state index contributed by atoms with van der Waals surface area (Å²) >= 11 is 0. The van der Waals surface area contributed by atoms with Crippen LogP contribution in [0.3, 0.4) is 0 Å². The van der Waals surface area contributed by atoms with E-state index in [1.54, 1.807) is 24.0 Å². The number of nitrogens with zero attached hydrogens (tertiary/aromatic N) is 3. The van der Waals surface area contributed by atoms with E-state index in [1.165, 1.54) is 12.3 Å². The first-order chi connectivity index (χ1) is 13.1. The van der Waals surface area contributed by atoms with Crippen LogP contribution in [0.15, 0.2) is 36.7 Å². The fourth-order valence-electron chi connectivity index (χ4n) is 3.35. The van der Waals surface area contributed by atoms with Gasteiger partial charge in [-0.15, -0.1) is 0 Å². The SMILES string of the molecule is Cn1cc(-c2nc3cccc(B4OC(C)(C)C(C)(C)O4)c3cc2C(F)F)cn1. The first kappa shape index (κ1) is 19.0. The van der Waals surface area contributed by atoms with Gasteiger partial charge in [0, 0.05) is 29.8 Å². The minimum Gasteiger partial charge on any atom is -0.399 e. The van der Waals surface area contributed by atoms with Gasteiger partial charge in [-0.1, -0.05) is 12.1 Å². The van der Waals surface area contributed by atoms with Crippen molar-refractivity contribution in [1.29, 1.82) is 0 Å². The lowest BCUT2D eigenvalue weighted by Crippen LogP contribution is -2.41. The Balaban J connectivity index is 1.88. The highest BCUT2D eigenvalue weighted by molar-refractivity contribution is 6.65. The number of aryl methyl sites for hydroxylation is 1. The maximum Gasteiger partial charge on any atom is 0.495 e. The summed E-state index contributed by atoms with van der Waals surface area (Å²) in [7, 11) is 1.09. The molecule has 0 amide bonds. The lowest BCUT2D eigenvalue weighted by molar-refractivity contribution is 0.00578. The maximum absolute atomic E-state index is 13.9. The van der Waals surface area contributed by atoms with Crippen LogP contribution in [-0.4, -0.2) is 33.1 Å². The molecule has 1 fully saturated rings. The molecular formula is C20H22BF2N3O2. The summed E-state index contributed by atoms with van der Waals surface area (Å²) in [5.74, 6) is 0. The summed E-state index contributed by atoms with van der Waals surface area (Å²) < 4.78 is 41.6. The average Bonchev–Trinajstić information content (AvgIpc) is 3.13. The van der Waals surface area contributed by atoms with E-state index in [9.17, 15) is 8.78 Å². The summed E-state index contributed by atoms with van der Waals surface area (Å²) in [4.78, 5) is 4.54. The van der Waals surface area contributed by atoms with Crippen LogP contribution < -0.4 is 5.46 Å². The minimum absolute atomic E-state index is 0.135. The second-order valence-electron chi connectivity index (χ2n) is 8.13. The molecule has 8 heteroatoms. The number of alkyl halides is 2. The van der Waals surface area contributed by atoms with E-state index < -0.39 is 24.7 Å². The molecule has 4 rings (SSSR count). The van der Waals surface area contributed by atoms with Crippen LogP contribution in [0.4, 0.5) is 8.78 Å². The molecule has 0 aliphatic carbocycles. The Kier molecular flexibility index (Phi) is 4.32. The topological polar surface area (TPSA) is 49.2 Å². The van der Waals surface area contributed by atoms with Crippen LogP contribution in [0, 0.1) is 0 Å². The van der Waals surface area contributed by atoms with Crippen molar-refractivity contribution in [2.24, 2.45) is 7.05 Å². The molecule has 3 heterocycles. The number of hydrogen-bond donors (Lipinski definition) is 0. The van der Waals surface area contributed by atoms with Crippen LogP contribution in [0.25, 0.3) is 22.2 Å². The van der Waals surface area contributed by atoms with Gasteiger partial charge in [0.05, 0.1) is 28.6 Å². The number of benzene rings is 1. The molecule has 0 saturated carbocycles. The molecule has 146 valence electrons. The van der Waals surface area contributed by atoms with Crippen molar-refractivity contribution < 1.29 is 18.1 Å². The van der Waals surface area contributed by atoms with E-state index >= 15 is 0 Å². The molecule has 1 saturated heterocycles. The Morgan fingerprint density at radius 1 is 1.11 bits per heavy atom. The molecule has 0 unspecified atom stereocenters. The number of rotatable bonds is 3. The quantitative estimate of drug-likeness (QED) is 0.643. The van der Waals surface area contributed by atoms with Crippen LogP contribution in [-0.2, 0) is 16.4 Å². The van der Waals surface area contributed by atoms with Crippen molar-refractivity contribution >= 4 is 23.5 Å². The van der Waals surface area contributed by atoms with Crippen LogP contribution >= 0.6 is 0 Å². The minimum atomic E-state index is -2.67. The number of hydrogen-bond acceptors (Lipinski definition) is 4. The van der Waals surface area contributed by atoms with Gasteiger partial charge in [-0.2, -0.15) is 5.10 Å². The highest BCUT2D eigenvalue weighted by Gasteiger charge is 2.52. The van der Waals surface area contributed by atoms with Gasteiger partial charge in [-0.3, -0.25) is 4.68 Å². The average molecular weight is 385 g/mol. The van der Waals surface area contributed by atoms with E-state index in [0.29, 0.717) is 21.9 Å². The molecular weight excluding hydrogens is 363 g/mol. The normalized spacial score (nSPS) is 18.4. The first-order valence-electron chi connectivity index (χ1n) is 9.15. The summed E-state index contributed by atoms with van der Waals surface area (Å²) in [6, 6.07) is 6.98. The Morgan fingerprint density at radius 3 is 2.36 bits per heavy atom. The van der Waals surface area contributed by atoms with Crippen LogP contribution in [0.5, 0.6) is 0 Å². The summed E-state index contributed by atoms with van der Waals surface area (Å²) in [6.07, 6.45) is 0.550. The molecule has 0 N–H and O–H groups in total. The first-order valence-corrected chi connectivity index (χ1v) is 9.15. The lowest BCUT2D eigenvalue weighted by Gasteiger charge is -2.32. The molecule has 2 aromatic heterocycles. The molecule has 3 aromatic rings. The van der Waals surface area contributed by atoms with E-state index in [1.807, 2.05) is 39.8 Å². The van der Waals surface area contributed by atoms with Crippen molar-refractivity contribution in [3.8, 4) is 11.3 Å². The van der Waals surface area contributed by atoms with Gasteiger partial charge in [-0.25, -0.2) is 13.8 Å². The zero-order chi connectivity index (χ0) is 20.3. The largest absolute Gasteiger partial charge is 0.495 e. The van der Waals surface area contributed by atoms with Gasteiger partial charge >= 0.3 is 7.12 Å². The second kappa shape index (κ2) is 6.35. The standard InChI is InChI=1S/C20H22BF2N3O2/c1-19(2)20(3,4)28-21(27-19)15-7-6-8-16-13(15)9-14(18(22)23)17(25-16)12-10-24-26(5)11-12/h6-11,18H,1-5H3. The summed E-state index contributed by atoms with van der Waals surface area (Å²) in [5, 5.41) is 4.68. The molecule has 5 nitrogen and oxygen atoms in total. The van der Waals surface area contributed by atoms with E-state index in [4.69, 9.17) is 9.31 Å². The van der Waals surface area contributed by atoms with Crippen molar-refractivity contribution in [3.05, 3.63) is 42.2 Å². The van der Waals surface area contributed by atoms with Crippen molar-refractivity contribution in [2.45, 2.75) is 45.3 Å². The highest BCUT2D eigenvalue weighted by Crippen LogP contribution is 2.38. The second-order valence-corrected chi connectivity index (χ2v) is 8.13. The predicted molar refractivity (Wildman–Crippen MR) is 105 cm³/mol. The third kappa shape index (κ3) is 3.01. The monoisotopic (exact) mass is 385 g/mol. The Morgan fingerprint density at radius 2 is 1.79 bits per heavy atom. The fraction of sp³-hybridized carbons (Fsp3) is 0.400. The number of fused-ring (bicyclic) bond motifs is 1. The molecule has 0 radical (unpaired) electrons. The number of pyridine rings is 1. The van der Waals surface area contributed by atoms with E-state index in [0.717, 1.165) is 0 Å². The van der Waals surface area contributed by atoms with E-state index in [-0.39, 0.29) is 11.3 Å². The molecule has 0 spiro atoms. The molecule has 0 bridgehead atoms. The van der Waals surface area contributed by atoms with E-state index in [2.05, 4.69) is 10.1 Å². The van der Waals surface area contributed by atoms with Crippen LogP contribution in [0.1, 0.15) is 39.7 Å². The zero-order valence-electron chi connectivity index (χ0n) is 16.5. The van der Waals surface area contributed by atoms with Gasteiger partial charge in [0.15, 0.2) is 0 Å². The molecule has 0 atom stereocenters. The third-order valence-electron chi connectivity index (χ3n) is 5.64.